The summed E-state index contributed by atoms with van der Waals surface area (Å²) in [5, 5.41) is 105. The lowest BCUT2D eigenvalue weighted by Crippen LogP contribution is -2.06. The number of nitro groups is 9. The van der Waals surface area contributed by atoms with Crippen LogP contribution in [-0.4, -0.2) is 44.3 Å². The molecule has 0 N–H and O–H groups in total. The van der Waals surface area contributed by atoms with Crippen LogP contribution in [0.25, 0.3) is 33.0 Å². The van der Waals surface area contributed by atoms with Crippen LogP contribution in [0, 0.1) is 91.0 Å². The van der Waals surface area contributed by atoms with Gasteiger partial charge in [-0.3, -0.25) is 91.0 Å². The molecule has 0 fully saturated rings. The molecule has 4 aromatic carbocycles. The summed E-state index contributed by atoms with van der Waals surface area (Å²) in [4.78, 5) is 95.1. The minimum atomic E-state index is -1.60. The van der Waals surface area contributed by atoms with Crippen LogP contribution in [0.3, 0.4) is 0 Å². The maximum atomic E-state index is 12.3. The average molecular weight is 685 g/mol. The SMILES string of the molecule is O=[N+]([O-])c1cc([N+](=O)[O-])c(-c2c([N+](=O)[O-])cc([N+](=O)[O-])c3c(-c4c([N+](=O)[O-])cc([N+](=O)[O-])cc4[N+](=O)[O-])cc([N+](=O)[O-])cc23)c([N+](=O)[O-])c1. The molecule has 0 radical (unpaired) electrons. The van der Waals surface area contributed by atoms with Crippen molar-refractivity contribution in [3.05, 3.63) is 133 Å². The Labute approximate surface area is 262 Å². The van der Waals surface area contributed by atoms with E-state index >= 15 is 0 Å². The molecule has 0 aromatic heterocycles. The van der Waals surface area contributed by atoms with Gasteiger partial charge in [0.05, 0.1) is 85.6 Å². The molecule has 0 saturated heterocycles. The summed E-state index contributed by atoms with van der Waals surface area (Å²) in [6.07, 6.45) is 0. The van der Waals surface area contributed by atoms with Crippen LogP contribution in [0.1, 0.15) is 0 Å². The van der Waals surface area contributed by atoms with Crippen molar-refractivity contribution in [3.63, 3.8) is 0 Å². The van der Waals surface area contributed by atoms with E-state index < -0.39 is 129 Å². The van der Waals surface area contributed by atoms with Gasteiger partial charge < -0.3 is 0 Å². The van der Waals surface area contributed by atoms with Gasteiger partial charge in [0.25, 0.3) is 51.2 Å². The number of benzene rings is 4. The van der Waals surface area contributed by atoms with Gasteiger partial charge in [0.1, 0.15) is 11.1 Å². The number of non-ortho nitro benzene ring substituents is 4. The Bertz CT molecular complexity index is 2230. The van der Waals surface area contributed by atoms with E-state index in [-0.39, 0.29) is 42.5 Å². The van der Waals surface area contributed by atoms with Crippen LogP contribution in [0.15, 0.2) is 42.5 Å². The second kappa shape index (κ2) is 11.9. The molecular weight excluding hydrogens is 678 g/mol. The van der Waals surface area contributed by atoms with Gasteiger partial charge in [-0.2, -0.15) is 0 Å². The standard InChI is InChI=1S/C22H7N9O18/c32-23(33)8-1-11(20-13(26(38)39)3-9(24(34)35)4-14(20)27(40)41)19-12(2-8)21(18(31(48)49)7-17(19)30(46)47)22-15(28(42)43)5-10(25(36)37)6-16(22)29(44)45/h1-7H. The van der Waals surface area contributed by atoms with Crippen molar-refractivity contribution in [2.24, 2.45) is 0 Å². The summed E-state index contributed by atoms with van der Waals surface area (Å²) in [6, 6.07) is 1.11. The zero-order valence-corrected chi connectivity index (χ0v) is 22.9. The number of nitro benzene ring substituents is 9. The maximum absolute atomic E-state index is 12.3. The number of hydrogen-bond acceptors (Lipinski definition) is 18. The fourth-order valence-electron chi connectivity index (χ4n) is 4.88. The molecule has 4 aromatic rings. The van der Waals surface area contributed by atoms with Crippen LogP contribution >= 0.6 is 0 Å². The molecule has 0 bridgehead atoms. The molecule has 27 heteroatoms. The highest BCUT2D eigenvalue weighted by Crippen LogP contribution is 2.54. The third-order valence-corrected chi connectivity index (χ3v) is 6.67. The minimum absolute atomic E-state index is 0.0327. The summed E-state index contributed by atoms with van der Waals surface area (Å²) in [6.45, 7) is 0. The molecular formula is C22H7N9O18. The molecule has 0 atom stereocenters. The first kappa shape index (κ1) is 33.6. The Morgan fingerprint density at radius 2 is 0.612 bits per heavy atom. The highest BCUT2D eigenvalue weighted by atomic mass is 16.7. The molecule has 0 aliphatic rings. The third kappa shape index (κ3) is 5.69. The first-order chi connectivity index (χ1) is 22.8. The van der Waals surface area contributed by atoms with E-state index in [1.807, 2.05) is 0 Å². The van der Waals surface area contributed by atoms with Gasteiger partial charge in [-0.05, 0) is 0 Å². The lowest BCUT2D eigenvalue weighted by molar-refractivity contribution is -0.402. The van der Waals surface area contributed by atoms with Crippen LogP contribution in [0.2, 0.25) is 0 Å². The fourth-order valence-corrected chi connectivity index (χ4v) is 4.88. The van der Waals surface area contributed by atoms with Crippen LogP contribution in [0.4, 0.5) is 51.2 Å². The summed E-state index contributed by atoms with van der Waals surface area (Å²) >= 11 is 0. The van der Waals surface area contributed by atoms with E-state index in [2.05, 4.69) is 0 Å². The van der Waals surface area contributed by atoms with Gasteiger partial charge in [0, 0.05) is 23.1 Å². The first-order valence-electron chi connectivity index (χ1n) is 12.1. The predicted octanol–water partition coefficient (Wildman–Crippen LogP) is 5.35. The molecule has 0 unspecified atom stereocenters. The molecule has 0 heterocycles. The van der Waals surface area contributed by atoms with E-state index in [0.717, 1.165) is 0 Å². The second-order valence-electron chi connectivity index (χ2n) is 9.24. The largest absolute Gasteiger partial charge is 0.291 e. The Hall–Kier alpha value is -8.26. The van der Waals surface area contributed by atoms with E-state index in [4.69, 9.17) is 0 Å². The number of fused-ring (bicyclic) bond motifs is 1. The predicted molar refractivity (Wildman–Crippen MR) is 155 cm³/mol. The molecule has 0 spiro atoms. The van der Waals surface area contributed by atoms with Crippen LogP contribution in [-0.2, 0) is 0 Å². The van der Waals surface area contributed by atoms with Gasteiger partial charge in [0.2, 0.25) is 0 Å². The summed E-state index contributed by atoms with van der Waals surface area (Å²) in [5.41, 5.74) is -18.6. The summed E-state index contributed by atoms with van der Waals surface area (Å²) < 4.78 is 0. The van der Waals surface area contributed by atoms with Gasteiger partial charge in [-0.15, -0.1) is 0 Å². The van der Waals surface area contributed by atoms with Gasteiger partial charge in [-0.1, -0.05) is 0 Å². The highest BCUT2D eigenvalue weighted by molar-refractivity contribution is 6.16. The number of nitrogens with zero attached hydrogens (tertiary/aromatic N) is 9. The summed E-state index contributed by atoms with van der Waals surface area (Å²) in [5.74, 6) is 0. The van der Waals surface area contributed by atoms with Crippen molar-refractivity contribution >= 4 is 62.0 Å². The number of rotatable bonds is 11. The lowest BCUT2D eigenvalue weighted by atomic mass is 9.87. The molecule has 248 valence electrons. The minimum Gasteiger partial charge on any atom is -0.258 e. The molecule has 4 rings (SSSR count). The third-order valence-electron chi connectivity index (χ3n) is 6.67. The van der Waals surface area contributed by atoms with Crippen molar-refractivity contribution in [3.8, 4) is 22.3 Å². The number of hydrogen-bond donors (Lipinski definition) is 0. The van der Waals surface area contributed by atoms with Crippen molar-refractivity contribution in [1.29, 1.82) is 0 Å². The Morgan fingerprint density at radius 1 is 0.306 bits per heavy atom. The van der Waals surface area contributed by atoms with Gasteiger partial charge >= 0.3 is 0 Å². The van der Waals surface area contributed by atoms with E-state index in [0.29, 0.717) is 0 Å². The van der Waals surface area contributed by atoms with Crippen molar-refractivity contribution in [1.82, 2.24) is 0 Å². The molecule has 0 aliphatic carbocycles. The Morgan fingerprint density at radius 3 is 0.939 bits per heavy atom. The first-order valence-corrected chi connectivity index (χ1v) is 12.1. The Kier molecular flexibility index (Phi) is 8.18. The van der Waals surface area contributed by atoms with E-state index in [9.17, 15) is 91.0 Å². The maximum Gasteiger partial charge on any atom is 0.291 e. The van der Waals surface area contributed by atoms with Crippen molar-refractivity contribution in [2.45, 2.75) is 0 Å². The van der Waals surface area contributed by atoms with E-state index in [1.165, 1.54) is 0 Å². The molecule has 0 saturated carbocycles. The Balaban J connectivity index is 2.51. The van der Waals surface area contributed by atoms with Gasteiger partial charge in [0.15, 0.2) is 0 Å². The zero-order chi connectivity index (χ0) is 36.8. The van der Waals surface area contributed by atoms with Gasteiger partial charge in [-0.25, -0.2) is 0 Å². The van der Waals surface area contributed by atoms with Crippen molar-refractivity contribution in [2.75, 3.05) is 0 Å². The molecule has 49 heavy (non-hydrogen) atoms. The van der Waals surface area contributed by atoms with Crippen molar-refractivity contribution < 1.29 is 44.3 Å². The smallest absolute Gasteiger partial charge is 0.258 e. The van der Waals surface area contributed by atoms with Crippen LogP contribution in [0.5, 0.6) is 0 Å². The molecule has 0 aliphatic heterocycles. The summed E-state index contributed by atoms with van der Waals surface area (Å²) in [7, 11) is 0. The topological polar surface area (TPSA) is 388 Å². The average Bonchev–Trinajstić information content (AvgIpc) is 3.01. The molecule has 0 amide bonds. The zero-order valence-electron chi connectivity index (χ0n) is 22.9. The normalized spacial score (nSPS) is 10.7. The van der Waals surface area contributed by atoms with E-state index in [1.54, 1.807) is 0 Å². The highest BCUT2D eigenvalue weighted by Gasteiger charge is 2.41. The quantitative estimate of drug-likeness (QED) is 0.142. The molecule has 27 nitrogen and oxygen atoms in total. The monoisotopic (exact) mass is 685 g/mol. The lowest BCUT2D eigenvalue weighted by Gasteiger charge is -2.13. The fraction of sp³-hybridized carbons (Fsp3) is 0. The second-order valence-corrected chi connectivity index (χ2v) is 9.24. The van der Waals surface area contributed by atoms with Crippen LogP contribution < -0.4 is 0 Å².